The normalized spacial score (nSPS) is 12.2. The van der Waals surface area contributed by atoms with Crippen LogP contribution in [0.25, 0.3) is 0 Å². The van der Waals surface area contributed by atoms with Gasteiger partial charge in [0.15, 0.2) is 4.34 Å². The molecule has 1 heterocycles. The molecular weight excluding hydrogens is 302 g/mol. The van der Waals surface area contributed by atoms with E-state index < -0.39 is 0 Å². The summed E-state index contributed by atoms with van der Waals surface area (Å²) in [5, 5.41) is 11.9. The van der Waals surface area contributed by atoms with E-state index in [0.29, 0.717) is 0 Å². The smallest absolute Gasteiger partial charge is 0.237 e. The van der Waals surface area contributed by atoms with Crippen molar-refractivity contribution < 1.29 is 4.79 Å². The molecule has 0 bridgehead atoms. The molecule has 2 rings (SSSR count). The number of aromatic nitrogens is 2. The highest BCUT2D eigenvalue weighted by Gasteiger charge is 2.20. The van der Waals surface area contributed by atoms with Gasteiger partial charge in [0.2, 0.25) is 5.91 Å². The van der Waals surface area contributed by atoms with E-state index in [1.54, 1.807) is 0 Å². The zero-order valence-corrected chi connectivity index (χ0v) is 14.3. The molecule has 0 spiro atoms. The summed E-state index contributed by atoms with van der Waals surface area (Å²) in [5.74, 6) is 0.0176. The fraction of sp³-hybridized carbons (Fsp3) is 0.400. The van der Waals surface area contributed by atoms with E-state index in [4.69, 9.17) is 0 Å². The molecule has 112 valence electrons. The van der Waals surface area contributed by atoms with Crippen LogP contribution in [0.15, 0.2) is 22.5 Å². The van der Waals surface area contributed by atoms with Crippen LogP contribution in [0, 0.1) is 20.8 Å². The minimum absolute atomic E-state index is 0.0176. The maximum atomic E-state index is 12.4. The summed E-state index contributed by atoms with van der Waals surface area (Å²) < 4.78 is 0.843. The van der Waals surface area contributed by atoms with Crippen LogP contribution in [-0.4, -0.2) is 21.4 Å². The summed E-state index contributed by atoms with van der Waals surface area (Å²) in [6.07, 6.45) is 0.750. The minimum atomic E-state index is -0.155. The average molecular weight is 321 g/mol. The molecule has 1 aromatic heterocycles. The fourth-order valence-corrected chi connectivity index (χ4v) is 3.85. The summed E-state index contributed by atoms with van der Waals surface area (Å²) in [6, 6.07) is 5.94. The number of carbonyl (C=O) groups excluding carboxylic acids is 1. The molecule has 1 aromatic carbocycles. The van der Waals surface area contributed by atoms with Gasteiger partial charge in [-0.1, -0.05) is 42.2 Å². The van der Waals surface area contributed by atoms with Crippen molar-refractivity contribution in [1.82, 2.24) is 10.2 Å². The highest BCUT2D eigenvalue weighted by molar-refractivity contribution is 8.02. The summed E-state index contributed by atoms with van der Waals surface area (Å²) >= 11 is 3.00. The van der Waals surface area contributed by atoms with E-state index in [2.05, 4.69) is 15.5 Å². The SMILES string of the molecule is CCC(Sc1nnc(C)s1)C(=O)Nc1cccc(C)c1C. The van der Waals surface area contributed by atoms with Crippen molar-refractivity contribution in [2.45, 2.75) is 43.7 Å². The van der Waals surface area contributed by atoms with E-state index in [9.17, 15) is 4.79 Å². The molecule has 21 heavy (non-hydrogen) atoms. The molecule has 1 amide bonds. The van der Waals surface area contributed by atoms with E-state index >= 15 is 0 Å². The van der Waals surface area contributed by atoms with Crippen LogP contribution in [0.4, 0.5) is 5.69 Å². The highest BCUT2D eigenvalue weighted by Crippen LogP contribution is 2.29. The van der Waals surface area contributed by atoms with Crippen molar-refractivity contribution in [1.29, 1.82) is 0 Å². The number of rotatable bonds is 5. The number of thioether (sulfide) groups is 1. The Labute approximate surface area is 133 Å². The molecule has 0 saturated heterocycles. The lowest BCUT2D eigenvalue weighted by Crippen LogP contribution is -2.25. The van der Waals surface area contributed by atoms with Gasteiger partial charge in [0.05, 0.1) is 5.25 Å². The number of amides is 1. The quantitative estimate of drug-likeness (QED) is 0.847. The Kier molecular flexibility index (Phi) is 5.36. The van der Waals surface area contributed by atoms with Crippen LogP contribution in [0.3, 0.4) is 0 Å². The Morgan fingerprint density at radius 2 is 2.10 bits per heavy atom. The third kappa shape index (κ3) is 4.04. The number of anilines is 1. The maximum absolute atomic E-state index is 12.4. The minimum Gasteiger partial charge on any atom is -0.325 e. The second-order valence-electron chi connectivity index (χ2n) is 4.84. The zero-order valence-electron chi connectivity index (χ0n) is 12.6. The summed E-state index contributed by atoms with van der Waals surface area (Å²) in [5.41, 5.74) is 3.17. The summed E-state index contributed by atoms with van der Waals surface area (Å²) in [6.45, 7) is 7.99. The van der Waals surface area contributed by atoms with Crippen molar-refractivity contribution in [2.75, 3.05) is 5.32 Å². The summed E-state index contributed by atoms with van der Waals surface area (Å²) in [4.78, 5) is 12.4. The zero-order chi connectivity index (χ0) is 15.4. The molecule has 6 heteroatoms. The number of nitrogens with one attached hydrogen (secondary N) is 1. The van der Waals surface area contributed by atoms with E-state index in [1.165, 1.54) is 28.7 Å². The lowest BCUT2D eigenvalue weighted by Gasteiger charge is -2.15. The molecule has 0 aliphatic heterocycles. The Balaban J connectivity index is 2.08. The molecule has 0 saturated carbocycles. The molecule has 0 aliphatic rings. The van der Waals surface area contributed by atoms with Crippen molar-refractivity contribution >= 4 is 34.7 Å². The van der Waals surface area contributed by atoms with Crippen LogP contribution in [0.1, 0.15) is 29.5 Å². The van der Waals surface area contributed by atoms with Gasteiger partial charge in [-0.25, -0.2) is 0 Å². The monoisotopic (exact) mass is 321 g/mol. The Morgan fingerprint density at radius 3 is 2.71 bits per heavy atom. The van der Waals surface area contributed by atoms with E-state index in [0.717, 1.165) is 27.0 Å². The molecule has 4 nitrogen and oxygen atoms in total. The predicted octanol–water partition coefficient (Wildman–Crippen LogP) is 3.97. The number of hydrogen-bond donors (Lipinski definition) is 1. The van der Waals surface area contributed by atoms with Crippen LogP contribution in [0.2, 0.25) is 0 Å². The Morgan fingerprint density at radius 1 is 1.33 bits per heavy atom. The maximum Gasteiger partial charge on any atom is 0.237 e. The number of nitrogens with zero attached hydrogens (tertiary/aromatic N) is 2. The predicted molar refractivity (Wildman–Crippen MR) is 89.1 cm³/mol. The van der Waals surface area contributed by atoms with Crippen LogP contribution in [0.5, 0.6) is 0 Å². The molecule has 1 atom stereocenters. The van der Waals surface area contributed by atoms with Gasteiger partial charge in [0.1, 0.15) is 5.01 Å². The van der Waals surface area contributed by atoms with Gasteiger partial charge < -0.3 is 5.32 Å². The van der Waals surface area contributed by atoms with E-state index in [-0.39, 0.29) is 11.2 Å². The molecule has 0 radical (unpaired) electrons. The average Bonchev–Trinajstić information content (AvgIpc) is 2.86. The van der Waals surface area contributed by atoms with Gasteiger partial charge in [-0.2, -0.15) is 0 Å². The number of hydrogen-bond acceptors (Lipinski definition) is 5. The molecular formula is C15H19N3OS2. The summed E-state index contributed by atoms with van der Waals surface area (Å²) in [7, 11) is 0. The first kappa shape index (κ1) is 16.0. The van der Waals surface area contributed by atoms with Gasteiger partial charge in [-0.05, 0) is 44.4 Å². The lowest BCUT2D eigenvalue weighted by molar-refractivity contribution is -0.115. The number of benzene rings is 1. The van der Waals surface area contributed by atoms with Gasteiger partial charge in [0, 0.05) is 5.69 Å². The third-order valence-corrected chi connectivity index (χ3v) is 5.56. The fourth-order valence-electron chi connectivity index (χ4n) is 1.87. The van der Waals surface area contributed by atoms with Gasteiger partial charge >= 0.3 is 0 Å². The molecule has 1 unspecified atom stereocenters. The first-order chi connectivity index (χ1) is 10.0. The highest BCUT2D eigenvalue weighted by atomic mass is 32.2. The Hall–Kier alpha value is -1.40. The first-order valence-electron chi connectivity index (χ1n) is 6.85. The first-order valence-corrected chi connectivity index (χ1v) is 8.54. The third-order valence-electron chi connectivity index (χ3n) is 3.28. The van der Waals surface area contributed by atoms with Crippen LogP contribution >= 0.6 is 23.1 Å². The number of carbonyl (C=O) groups is 1. The molecule has 0 aliphatic carbocycles. The van der Waals surface area contributed by atoms with Crippen molar-refractivity contribution in [3.05, 3.63) is 34.3 Å². The largest absolute Gasteiger partial charge is 0.325 e. The van der Waals surface area contributed by atoms with Gasteiger partial charge in [0.25, 0.3) is 0 Å². The Bertz CT molecular complexity index is 640. The second-order valence-corrected chi connectivity index (χ2v) is 7.47. The van der Waals surface area contributed by atoms with E-state index in [1.807, 2.05) is 45.9 Å². The van der Waals surface area contributed by atoms with Crippen molar-refractivity contribution in [2.24, 2.45) is 0 Å². The van der Waals surface area contributed by atoms with Gasteiger partial charge in [-0.15, -0.1) is 10.2 Å². The second kappa shape index (κ2) is 7.04. The standard InChI is InChI=1S/C15H19N3OS2/c1-5-13(21-15-18-17-11(4)20-15)14(19)16-12-8-6-7-9(2)10(12)3/h6-8,13H,5H2,1-4H3,(H,16,19). The molecule has 1 N–H and O–H groups in total. The van der Waals surface area contributed by atoms with Crippen LogP contribution < -0.4 is 5.32 Å². The molecule has 0 fully saturated rings. The molecule has 2 aromatic rings. The lowest BCUT2D eigenvalue weighted by atomic mass is 10.1. The van der Waals surface area contributed by atoms with Crippen LogP contribution in [-0.2, 0) is 4.79 Å². The number of aryl methyl sites for hydroxylation is 2. The topological polar surface area (TPSA) is 54.9 Å². The van der Waals surface area contributed by atoms with Crippen molar-refractivity contribution in [3.63, 3.8) is 0 Å². The van der Waals surface area contributed by atoms with Crippen molar-refractivity contribution in [3.8, 4) is 0 Å². The van der Waals surface area contributed by atoms with Gasteiger partial charge in [-0.3, -0.25) is 4.79 Å².